The van der Waals surface area contributed by atoms with E-state index in [0.29, 0.717) is 23.0 Å². The van der Waals surface area contributed by atoms with Gasteiger partial charge in [0.15, 0.2) is 5.65 Å². The number of aromatic nitrogens is 5. The number of rotatable bonds is 3. The summed E-state index contributed by atoms with van der Waals surface area (Å²) in [6, 6.07) is 9.84. The second-order valence-corrected chi connectivity index (χ2v) is 4.90. The second kappa shape index (κ2) is 5.45. The summed E-state index contributed by atoms with van der Waals surface area (Å²) in [5.74, 6) is 0.0675. The fraction of sp³-hybridized carbons (Fsp3) is 0. The summed E-state index contributed by atoms with van der Waals surface area (Å²) in [7, 11) is 0. The number of H-pyrrole nitrogens is 1. The zero-order valence-corrected chi connectivity index (χ0v) is 11.9. The van der Waals surface area contributed by atoms with Crippen molar-refractivity contribution in [1.29, 1.82) is 0 Å². The lowest BCUT2D eigenvalue weighted by Gasteiger charge is -2.06. The predicted octanol–water partition coefficient (Wildman–Crippen LogP) is 3.30. The van der Waals surface area contributed by atoms with Crippen molar-refractivity contribution >= 4 is 22.8 Å². The Morgan fingerprint density at radius 3 is 2.91 bits per heavy atom. The fourth-order valence-electron chi connectivity index (χ4n) is 2.24. The molecule has 4 aromatic rings. The Kier molecular flexibility index (Phi) is 3.16. The van der Waals surface area contributed by atoms with E-state index in [1.807, 2.05) is 6.07 Å². The van der Waals surface area contributed by atoms with E-state index in [1.54, 1.807) is 36.9 Å². The molecular weight excluding hydrogens is 295 g/mol. The highest BCUT2D eigenvalue weighted by atomic mass is 19.1. The van der Waals surface area contributed by atoms with Crippen LogP contribution in [-0.2, 0) is 0 Å². The first-order valence-electron chi connectivity index (χ1n) is 6.93. The smallest absolute Gasteiger partial charge is 0.227 e. The molecule has 0 fully saturated rings. The lowest BCUT2D eigenvalue weighted by molar-refractivity contribution is 0.628. The number of benzene rings is 1. The van der Waals surface area contributed by atoms with Crippen molar-refractivity contribution in [2.45, 2.75) is 0 Å². The molecule has 0 spiro atoms. The Labute approximate surface area is 130 Å². The Bertz CT molecular complexity index is 981. The number of anilines is 2. The van der Waals surface area contributed by atoms with Crippen molar-refractivity contribution in [2.75, 3.05) is 5.32 Å². The Morgan fingerprint density at radius 1 is 1.04 bits per heavy atom. The summed E-state index contributed by atoms with van der Waals surface area (Å²) in [5, 5.41) is 2.98. The molecule has 0 saturated heterocycles. The van der Waals surface area contributed by atoms with Crippen molar-refractivity contribution in [3.05, 3.63) is 60.9 Å². The van der Waals surface area contributed by atoms with Gasteiger partial charge >= 0.3 is 0 Å². The Balaban J connectivity index is 1.67. The molecule has 23 heavy (non-hydrogen) atoms. The number of hydrogen-bond donors (Lipinski definition) is 2. The van der Waals surface area contributed by atoms with E-state index in [4.69, 9.17) is 0 Å². The minimum absolute atomic E-state index is 0.319. The average Bonchev–Trinajstić information content (AvgIpc) is 3.03. The molecule has 0 amide bonds. The standard InChI is InChI=1S/C16H11FN6/c17-11-2-1-3-12(7-11)22-16-18-5-4-13(23-16)10-6-14-15(19-8-10)21-9-20-14/h1-9H,(H,18,22,23)(H,19,20,21). The van der Waals surface area contributed by atoms with E-state index >= 15 is 0 Å². The molecule has 1 aromatic carbocycles. The number of hydrogen-bond acceptors (Lipinski definition) is 5. The maximum atomic E-state index is 13.2. The largest absolute Gasteiger partial charge is 0.343 e. The van der Waals surface area contributed by atoms with Crippen LogP contribution in [0.5, 0.6) is 0 Å². The highest BCUT2D eigenvalue weighted by Gasteiger charge is 2.06. The van der Waals surface area contributed by atoms with E-state index in [9.17, 15) is 4.39 Å². The van der Waals surface area contributed by atoms with Crippen LogP contribution in [0.2, 0.25) is 0 Å². The zero-order chi connectivity index (χ0) is 15.6. The fourth-order valence-corrected chi connectivity index (χ4v) is 2.24. The minimum atomic E-state index is -0.319. The van der Waals surface area contributed by atoms with Crippen LogP contribution in [0.15, 0.2) is 55.1 Å². The quantitative estimate of drug-likeness (QED) is 0.607. The monoisotopic (exact) mass is 306 g/mol. The normalized spacial score (nSPS) is 10.8. The van der Waals surface area contributed by atoms with Crippen LogP contribution in [0.1, 0.15) is 0 Å². The number of nitrogens with one attached hydrogen (secondary N) is 2. The lowest BCUT2D eigenvalue weighted by Crippen LogP contribution is -1.98. The van der Waals surface area contributed by atoms with Gasteiger partial charge in [0.2, 0.25) is 5.95 Å². The Hall–Kier alpha value is -3.35. The molecule has 0 atom stereocenters. The van der Waals surface area contributed by atoms with Crippen LogP contribution in [0, 0.1) is 5.82 Å². The number of pyridine rings is 1. The molecule has 0 bridgehead atoms. The number of imidazole rings is 1. The van der Waals surface area contributed by atoms with Gasteiger partial charge in [-0.1, -0.05) is 6.07 Å². The van der Waals surface area contributed by atoms with Gasteiger partial charge in [0.25, 0.3) is 0 Å². The van der Waals surface area contributed by atoms with E-state index in [0.717, 1.165) is 11.1 Å². The van der Waals surface area contributed by atoms with Crippen molar-refractivity contribution in [2.24, 2.45) is 0 Å². The summed E-state index contributed by atoms with van der Waals surface area (Å²) < 4.78 is 13.2. The van der Waals surface area contributed by atoms with Gasteiger partial charge in [-0.2, -0.15) is 0 Å². The van der Waals surface area contributed by atoms with Crippen LogP contribution in [-0.4, -0.2) is 24.9 Å². The number of aromatic amines is 1. The third-order valence-corrected chi connectivity index (χ3v) is 3.31. The molecule has 0 radical (unpaired) electrons. The van der Waals surface area contributed by atoms with Gasteiger partial charge < -0.3 is 10.3 Å². The Morgan fingerprint density at radius 2 is 2.00 bits per heavy atom. The molecule has 2 N–H and O–H groups in total. The molecule has 0 saturated carbocycles. The summed E-state index contributed by atoms with van der Waals surface area (Å²) in [5.41, 5.74) is 3.63. The van der Waals surface area contributed by atoms with Crippen LogP contribution in [0.25, 0.3) is 22.4 Å². The summed E-state index contributed by atoms with van der Waals surface area (Å²) >= 11 is 0. The predicted molar refractivity (Wildman–Crippen MR) is 84.6 cm³/mol. The number of halogens is 1. The van der Waals surface area contributed by atoms with Crippen LogP contribution >= 0.6 is 0 Å². The van der Waals surface area contributed by atoms with Gasteiger partial charge in [0.1, 0.15) is 5.82 Å². The molecule has 6 nitrogen and oxygen atoms in total. The topological polar surface area (TPSA) is 79.4 Å². The maximum absolute atomic E-state index is 13.2. The first-order chi connectivity index (χ1) is 11.3. The van der Waals surface area contributed by atoms with Gasteiger partial charge in [-0.15, -0.1) is 0 Å². The van der Waals surface area contributed by atoms with E-state index in [-0.39, 0.29) is 5.82 Å². The molecule has 0 aliphatic carbocycles. The van der Waals surface area contributed by atoms with Crippen molar-refractivity contribution in [3.63, 3.8) is 0 Å². The molecule has 3 heterocycles. The third kappa shape index (κ3) is 2.71. The summed E-state index contributed by atoms with van der Waals surface area (Å²) in [4.78, 5) is 20.0. The van der Waals surface area contributed by atoms with Gasteiger partial charge in [0, 0.05) is 23.6 Å². The molecule has 0 aliphatic heterocycles. The van der Waals surface area contributed by atoms with Crippen molar-refractivity contribution in [1.82, 2.24) is 24.9 Å². The molecule has 0 aliphatic rings. The summed E-state index contributed by atoms with van der Waals surface area (Å²) in [6.07, 6.45) is 4.94. The first-order valence-corrected chi connectivity index (χ1v) is 6.93. The van der Waals surface area contributed by atoms with Gasteiger partial charge in [0.05, 0.1) is 17.5 Å². The van der Waals surface area contributed by atoms with E-state index in [2.05, 4.69) is 30.2 Å². The van der Waals surface area contributed by atoms with Crippen LogP contribution in [0.3, 0.4) is 0 Å². The highest BCUT2D eigenvalue weighted by molar-refractivity contribution is 5.76. The number of fused-ring (bicyclic) bond motifs is 1. The molecule has 0 unspecified atom stereocenters. The van der Waals surface area contributed by atoms with Gasteiger partial charge in [-0.3, -0.25) is 0 Å². The van der Waals surface area contributed by atoms with Crippen molar-refractivity contribution in [3.8, 4) is 11.3 Å². The average molecular weight is 306 g/mol. The SMILES string of the molecule is Fc1cccc(Nc2nccc(-c3cnc4nc[nH]c4c3)n2)c1. The van der Waals surface area contributed by atoms with Gasteiger partial charge in [-0.05, 0) is 30.3 Å². The van der Waals surface area contributed by atoms with Crippen LogP contribution < -0.4 is 5.32 Å². The third-order valence-electron chi connectivity index (χ3n) is 3.31. The van der Waals surface area contributed by atoms with Crippen LogP contribution in [0.4, 0.5) is 16.0 Å². The molecule has 7 heteroatoms. The zero-order valence-electron chi connectivity index (χ0n) is 11.9. The highest BCUT2D eigenvalue weighted by Crippen LogP contribution is 2.21. The molecular formula is C16H11FN6. The summed E-state index contributed by atoms with van der Waals surface area (Å²) in [6.45, 7) is 0. The minimum Gasteiger partial charge on any atom is -0.343 e. The lowest BCUT2D eigenvalue weighted by atomic mass is 10.2. The molecule has 112 valence electrons. The molecule has 3 aromatic heterocycles. The first kappa shape index (κ1) is 13.3. The van der Waals surface area contributed by atoms with E-state index in [1.165, 1.54) is 12.1 Å². The molecule has 4 rings (SSSR count). The van der Waals surface area contributed by atoms with Gasteiger partial charge in [-0.25, -0.2) is 24.3 Å². The van der Waals surface area contributed by atoms with E-state index < -0.39 is 0 Å². The van der Waals surface area contributed by atoms with Crippen molar-refractivity contribution < 1.29 is 4.39 Å². The number of nitrogens with zero attached hydrogens (tertiary/aromatic N) is 4. The second-order valence-electron chi connectivity index (χ2n) is 4.90. The maximum Gasteiger partial charge on any atom is 0.227 e.